The smallest absolute Gasteiger partial charge is 0.121 e. The van der Waals surface area contributed by atoms with E-state index in [1.54, 1.807) is 89.0 Å². The third-order valence-electron chi connectivity index (χ3n) is 45.9. The van der Waals surface area contributed by atoms with Crippen LogP contribution < -0.4 is 9.80 Å². The van der Waals surface area contributed by atoms with Gasteiger partial charge in [0.1, 0.15) is 11.5 Å². The van der Waals surface area contributed by atoms with Crippen molar-refractivity contribution in [1.29, 1.82) is 0 Å². The number of aliphatic hydroxyl groups excluding tert-OH is 2. The summed E-state index contributed by atoms with van der Waals surface area (Å²) in [6, 6.07) is 53.4. The van der Waals surface area contributed by atoms with Crippen LogP contribution in [0.1, 0.15) is 538 Å². The number of nitrogens with zero attached hydrogens (tertiary/aromatic N) is 2. The molecule has 1 saturated carbocycles. The fraction of sp³-hybridized carbons (Fsp3) is 0.577. The Bertz CT molecular complexity index is 6100. The number of anilines is 6. The molecule has 0 unspecified atom stereocenters. The second kappa shape index (κ2) is 33.9. The molecular weight excluding hydrogens is 1800 g/mol. The van der Waals surface area contributed by atoms with E-state index in [4.69, 9.17) is 0 Å². The van der Waals surface area contributed by atoms with Crippen molar-refractivity contribution in [1.82, 2.24) is 0 Å². The fourth-order valence-electron chi connectivity index (χ4n) is 38.1. The van der Waals surface area contributed by atoms with Gasteiger partial charge in [-0.2, -0.15) is 0 Å². The summed E-state index contributed by atoms with van der Waals surface area (Å²) in [7, 11) is 0. The van der Waals surface area contributed by atoms with E-state index < -0.39 is 34.9 Å². The molecule has 10 aromatic rings. The van der Waals surface area contributed by atoms with Crippen LogP contribution in [0.15, 0.2) is 133 Å². The van der Waals surface area contributed by atoms with E-state index in [0.29, 0.717) is 11.1 Å². The molecule has 1 fully saturated rings. The molecule has 2 aliphatic heterocycles. The van der Waals surface area contributed by atoms with Gasteiger partial charge in [-0.15, -0.1) is 0 Å². The van der Waals surface area contributed by atoms with Gasteiger partial charge in [-0.3, -0.25) is 0 Å². The number of rotatable bonds is 24. The highest BCUT2D eigenvalue weighted by Gasteiger charge is 2.62. The molecule has 0 saturated heterocycles. The average Bonchev–Trinajstić information content (AvgIpc) is 1.52. The summed E-state index contributed by atoms with van der Waals surface area (Å²) in [6.45, 7) is 90.2. The lowest BCUT2D eigenvalue weighted by atomic mass is 9.63. The Labute approximate surface area is 895 Å². The first-order chi connectivity index (χ1) is 69.4. The van der Waals surface area contributed by atoms with Crippen molar-refractivity contribution >= 4 is 34.1 Å². The van der Waals surface area contributed by atoms with Gasteiger partial charge in [0.2, 0.25) is 0 Å². The first-order valence-electron chi connectivity index (χ1n) is 59.6. The summed E-state index contributed by atoms with van der Waals surface area (Å²) in [4.78, 5) is 4.89. The Balaban J connectivity index is 0.709. The number of phenolic OH excluding ortho intramolecular Hbond substituents is 2. The second-order valence-electron chi connectivity index (χ2n) is 57.1. The summed E-state index contributed by atoms with van der Waals surface area (Å²) < 4.78 is 0. The van der Waals surface area contributed by atoms with Crippen molar-refractivity contribution in [2.75, 3.05) is 9.80 Å². The van der Waals surface area contributed by atoms with Crippen LogP contribution >= 0.6 is 0 Å². The van der Waals surface area contributed by atoms with Gasteiger partial charge in [-0.25, -0.2) is 0 Å². The van der Waals surface area contributed by atoms with E-state index in [9.17, 15) is 20.4 Å². The largest absolute Gasteiger partial charge is 0.508 e. The van der Waals surface area contributed by atoms with Crippen LogP contribution in [0.3, 0.4) is 0 Å². The molecule has 788 valence electrons. The second-order valence-corrected chi connectivity index (χ2v) is 57.1. The number of hydrogen-bond acceptors (Lipinski definition) is 6. The number of aromatic hydroxyl groups is 2. The maximum Gasteiger partial charge on any atom is 0.121 e. The molecule has 10 aromatic carbocycles. The van der Waals surface area contributed by atoms with Crippen LogP contribution in [0.4, 0.5) is 34.1 Å². The third-order valence-corrected chi connectivity index (χ3v) is 45.9. The predicted molar refractivity (Wildman–Crippen MR) is 628 cm³/mol. The predicted octanol–water partition coefficient (Wildman–Crippen LogP) is 38.5. The molecule has 6 heteroatoms. The zero-order chi connectivity index (χ0) is 107. The average molecular weight is 1990 g/mol. The van der Waals surface area contributed by atoms with Crippen LogP contribution in [-0.4, -0.2) is 32.6 Å². The van der Waals surface area contributed by atoms with Gasteiger partial charge in [0.05, 0.1) is 35.0 Å². The topological polar surface area (TPSA) is 87.4 Å². The lowest BCUT2D eigenvalue weighted by Gasteiger charge is -2.47. The highest BCUT2D eigenvalue weighted by Crippen LogP contribution is 2.73. The lowest BCUT2D eigenvalue weighted by molar-refractivity contribution is -0.0797. The monoisotopic (exact) mass is 1980 g/mol. The number of hydrogen-bond donors (Lipinski definition) is 4. The van der Waals surface area contributed by atoms with E-state index in [1.807, 2.05) is 24.3 Å². The Morgan fingerprint density at radius 2 is 0.372 bits per heavy atom. The molecule has 0 spiro atoms. The number of phenols is 2. The minimum atomic E-state index is -1.15. The molecule has 148 heavy (non-hydrogen) atoms. The van der Waals surface area contributed by atoms with Gasteiger partial charge in [-0.1, -0.05) is 310 Å². The van der Waals surface area contributed by atoms with Crippen molar-refractivity contribution in [2.24, 2.45) is 0 Å². The van der Waals surface area contributed by atoms with Crippen LogP contribution in [0.25, 0.3) is 44.5 Å². The summed E-state index contributed by atoms with van der Waals surface area (Å²) >= 11 is 0. The maximum absolute atomic E-state index is 13.3. The molecule has 21 rings (SSSR count). The molecule has 11 aliphatic rings. The molecule has 0 amide bonds. The fourth-order valence-corrected chi connectivity index (χ4v) is 38.1. The van der Waals surface area contributed by atoms with Crippen molar-refractivity contribution in [3.63, 3.8) is 0 Å². The summed E-state index contributed by atoms with van der Waals surface area (Å²) in [5.74, 6) is -1.68. The molecule has 0 aromatic heterocycles. The number of fused-ring (bicyclic) bond motifs is 12. The zero-order valence-electron chi connectivity index (χ0n) is 98.7. The molecule has 0 atom stereocenters. The molecule has 0 bridgehead atoms. The number of aliphatic hydroxyl groups is 2. The van der Waals surface area contributed by atoms with E-state index in [2.05, 4.69) is 368 Å². The molecular formula is C142H186N2O4. The van der Waals surface area contributed by atoms with E-state index in [-0.39, 0.29) is 98.1 Å². The molecule has 2 heterocycles. The number of benzene rings is 10. The zero-order valence-corrected chi connectivity index (χ0v) is 98.7. The third kappa shape index (κ3) is 13.8. The van der Waals surface area contributed by atoms with Crippen molar-refractivity contribution < 1.29 is 20.4 Å². The van der Waals surface area contributed by atoms with Gasteiger partial charge < -0.3 is 30.2 Å². The maximum atomic E-state index is 13.3. The van der Waals surface area contributed by atoms with Crippen molar-refractivity contribution in [2.45, 2.75) is 525 Å². The Morgan fingerprint density at radius 1 is 0.209 bits per heavy atom. The molecule has 9 aliphatic carbocycles. The standard InChI is InChI=1S/C142H186N2O4/c1-37-135(38-2)75-125(17,18)115-95(135)71-96-116(126(19,20)76-136(96,39-3)40-4)109(115)83-53-61-103-91(65-83)133(33,34)92-66-84(110-117-97(137(41-5,42-6)77-127(117,21)22)72-98-118(110)128(23,24)78-138(98,43-7)44-8)54-62-104(92)143(103)87-57-59-89(107(145)69-87)113-123(147)114(124(113)148)90-60-58-88(70-108(90)146)144-105-63-55-85(111-119-99(139(45-9,46-10)79-129(119,25)26)73-100-120(111)130(27,28)80-140(100,47-11)48-12)67-93(105)134(35,36)94-68-86(56-64-106(94)144)112-121-101(141(49-13,50-14)81-131(121,29)30)74-102-122(112)132(31,32)82-142(102,51-15)52-16/h53-74,113-114,123-124,145-148H,37-52,75-82H2,1-36H3. The van der Waals surface area contributed by atoms with Gasteiger partial charge in [0.15, 0.2) is 0 Å². The van der Waals surface area contributed by atoms with Gasteiger partial charge >= 0.3 is 0 Å². The van der Waals surface area contributed by atoms with Crippen LogP contribution in [0, 0.1) is 0 Å². The highest BCUT2D eigenvalue weighted by atomic mass is 16.3. The minimum absolute atomic E-state index is 0.0181. The van der Waals surface area contributed by atoms with Gasteiger partial charge in [-0.05, 0) is 457 Å². The van der Waals surface area contributed by atoms with Crippen molar-refractivity contribution in [3.05, 3.63) is 256 Å². The summed E-state index contributed by atoms with van der Waals surface area (Å²) in [6.07, 6.45) is 24.4. The summed E-state index contributed by atoms with van der Waals surface area (Å²) in [5, 5.41) is 53.1. The van der Waals surface area contributed by atoms with E-state index >= 15 is 0 Å². The van der Waals surface area contributed by atoms with Crippen LogP contribution in [-0.2, 0) is 97.5 Å². The van der Waals surface area contributed by atoms with Crippen molar-refractivity contribution in [3.8, 4) is 56.0 Å². The van der Waals surface area contributed by atoms with Crippen LogP contribution in [0.5, 0.6) is 11.5 Å². The first-order valence-corrected chi connectivity index (χ1v) is 59.6. The Hall–Kier alpha value is -8.68. The normalized spacial score (nSPS) is 24.3. The minimum Gasteiger partial charge on any atom is -0.508 e. The molecule has 6 nitrogen and oxygen atoms in total. The Kier molecular flexibility index (Phi) is 24.1. The SMILES string of the molecule is CCC1(CC)CC(C)(C)c2c1cc1c(c2-c2ccc3c(c2)C(C)(C)c2cc(-c4c5c(cc6c4C(C)(C)CC6(CC)CC)C(CC)(CC)CC5(C)C)ccc2N3c2ccc(C3C(O)C(c4ccc(N5c6ccc(-c7c8c(cc9c7C(C)(C)CC9(CC)CC)C(CC)(CC)CC8(C)C)cc6C(C)(C)c6cc(-c7c8c(cc9c7C(C)(C)CC9(CC)CC)C(CC)(CC)CC8(C)C)ccc65)cc4O)C3O)c(O)c2)C(C)(C)CC1(CC)CC. The van der Waals surface area contributed by atoms with Crippen LogP contribution in [0.2, 0.25) is 0 Å². The molecule has 4 N–H and O–H groups in total. The highest BCUT2D eigenvalue weighted by molar-refractivity contribution is 5.96. The van der Waals surface area contributed by atoms with Gasteiger partial charge in [0.25, 0.3) is 0 Å². The molecule has 0 radical (unpaired) electrons. The van der Waals surface area contributed by atoms with Gasteiger partial charge in [0, 0.05) is 57.3 Å². The quantitative estimate of drug-likeness (QED) is 0.0482. The lowest BCUT2D eigenvalue weighted by Crippen LogP contribution is -2.51. The van der Waals surface area contributed by atoms with E-state index in [0.717, 1.165) is 188 Å². The summed E-state index contributed by atoms with van der Waals surface area (Å²) in [5.41, 5.74) is 46.9. The van der Waals surface area contributed by atoms with E-state index in [1.165, 1.54) is 66.8 Å². The first kappa shape index (κ1) is 105. The Morgan fingerprint density at radius 3 is 0.520 bits per heavy atom.